The predicted octanol–water partition coefficient (Wildman–Crippen LogP) is 3.61. The van der Waals surface area contributed by atoms with Gasteiger partial charge in [0.15, 0.2) is 0 Å². The Labute approximate surface area is 219 Å². The zero-order chi connectivity index (χ0) is 27.2. The molecule has 0 radical (unpaired) electrons. The smallest absolute Gasteiger partial charge is 0.304 e. The van der Waals surface area contributed by atoms with E-state index in [1.165, 1.54) is 37.2 Å². The van der Waals surface area contributed by atoms with Gasteiger partial charge in [-0.25, -0.2) is 8.70 Å². The van der Waals surface area contributed by atoms with Crippen molar-refractivity contribution >= 4 is 27.7 Å². The van der Waals surface area contributed by atoms with Crippen LogP contribution in [-0.2, 0) is 26.3 Å². The number of aryl methyl sites for hydroxylation is 1. The van der Waals surface area contributed by atoms with Crippen LogP contribution in [0.1, 0.15) is 50.2 Å². The molecule has 37 heavy (non-hydrogen) atoms. The molecule has 2 aromatic rings. The van der Waals surface area contributed by atoms with Gasteiger partial charge in [-0.3, -0.25) is 9.59 Å². The highest BCUT2D eigenvalue weighted by atomic mass is 32.2. The molecule has 0 saturated heterocycles. The fraction of sp³-hybridized carbons (Fsp3) is 0.481. The minimum Gasteiger partial charge on any atom is -0.352 e. The Hall–Kier alpha value is -2.98. The van der Waals surface area contributed by atoms with Crippen LogP contribution in [0.15, 0.2) is 48.5 Å². The molecule has 2 amide bonds. The molecule has 3 rings (SSSR count). The minimum atomic E-state index is -4.22. The minimum absolute atomic E-state index is 0.0708. The molecular formula is C27H37FN4O4S. The SMILES string of the molecule is CCC(C(=O)NC1CCCC1)N(Cc1cccc(C)c1)C(=O)CN(c1ccccc1F)S(=O)(=O)N(C)C. The standard InChI is InChI=1S/C27H37FN4O4S/c1-5-24(27(34)29-22-13-6-7-14-22)31(18-21-12-10-11-20(2)17-21)26(33)19-32(37(35,36)30(3)4)25-16-9-8-15-23(25)28/h8-12,15-17,22,24H,5-7,13-14,18-19H2,1-4H3,(H,29,34). The zero-order valence-electron chi connectivity index (χ0n) is 22.0. The lowest BCUT2D eigenvalue weighted by atomic mass is 10.1. The van der Waals surface area contributed by atoms with Crippen LogP contribution in [0.3, 0.4) is 0 Å². The molecule has 1 aliphatic carbocycles. The molecule has 1 atom stereocenters. The summed E-state index contributed by atoms with van der Waals surface area (Å²) in [5.41, 5.74) is 1.58. The van der Waals surface area contributed by atoms with E-state index in [1.54, 1.807) is 0 Å². The van der Waals surface area contributed by atoms with Gasteiger partial charge in [-0.05, 0) is 43.9 Å². The summed E-state index contributed by atoms with van der Waals surface area (Å²) in [4.78, 5) is 28.6. The summed E-state index contributed by atoms with van der Waals surface area (Å²) < 4.78 is 42.8. The molecule has 0 aromatic heterocycles. The van der Waals surface area contributed by atoms with Crippen LogP contribution in [0.25, 0.3) is 0 Å². The summed E-state index contributed by atoms with van der Waals surface area (Å²) in [6.45, 7) is 3.22. The Morgan fingerprint density at radius 3 is 2.35 bits per heavy atom. The lowest BCUT2D eigenvalue weighted by molar-refractivity contribution is -0.140. The highest BCUT2D eigenvalue weighted by Crippen LogP contribution is 2.24. The molecule has 1 fully saturated rings. The van der Waals surface area contributed by atoms with Crippen molar-refractivity contribution in [2.24, 2.45) is 0 Å². The molecule has 1 saturated carbocycles. The summed E-state index contributed by atoms with van der Waals surface area (Å²) in [6, 6.07) is 12.3. The normalized spacial score (nSPS) is 15.0. The maximum absolute atomic E-state index is 14.7. The van der Waals surface area contributed by atoms with Gasteiger partial charge in [0.05, 0.1) is 5.69 Å². The number of hydrogen-bond donors (Lipinski definition) is 1. The average Bonchev–Trinajstić information content (AvgIpc) is 3.35. The van der Waals surface area contributed by atoms with Crippen molar-refractivity contribution in [3.63, 3.8) is 0 Å². The third-order valence-corrected chi connectivity index (χ3v) is 8.47. The summed E-state index contributed by atoms with van der Waals surface area (Å²) in [5.74, 6) is -1.62. The number of carbonyl (C=O) groups excluding carboxylic acids is 2. The number of carbonyl (C=O) groups is 2. The molecule has 10 heteroatoms. The third kappa shape index (κ3) is 7.07. The van der Waals surface area contributed by atoms with Crippen LogP contribution >= 0.6 is 0 Å². The molecule has 1 N–H and O–H groups in total. The number of benzene rings is 2. The van der Waals surface area contributed by atoms with Gasteiger partial charge in [0.25, 0.3) is 0 Å². The molecule has 1 aliphatic rings. The molecule has 0 aliphatic heterocycles. The Morgan fingerprint density at radius 2 is 1.76 bits per heavy atom. The second-order valence-electron chi connectivity index (χ2n) is 9.67. The van der Waals surface area contributed by atoms with E-state index in [9.17, 15) is 22.4 Å². The topological polar surface area (TPSA) is 90.0 Å². The first-order valence-electron chi connectivity index (χ1n) is 12.6. The van der Waals surface area contributed by atoms with Crippen molar-refractivity contribution in [1.82, 2.24) is 14.5 Å². The van der Waals surface area contributed by atoms with Crippen molar-refractivity contribution in [1.29, 1.82) is 0 Å². The van der Waals surface area contributed by atoms with Crippen molar-refractivity contribution in [2.75, 3.05) is 24.9 Å². The van der Waals surface area contributed by atoms with Gasteiger partial charge < -0.3 is 10.2 Å². The van der Waals surface area contributed by atoms with Crippen molar-refractivity contribution < 1.29 is 22.4 Å². The van der Waals surface area contributed by atoms with Gasteiger partial charge in [0.2, 0.25) is 11.8 Å². The Balaban J connectivity index is 1.98. The first-order valence-corrected chi connectivity index (χ1v) is 14.0. The maximum Gasteiger partial charge on any atom is 0.304 e. The number of halogens is 1. The Bertz CT molecular complexity index is 1200. The first kappa shape index (κ1) is 28.6. The Morgan fingerprint density at radius 1 is 1.08 bits per heavy atom. The fourth-order valence-corrected chi connectivity index (χ4v) is 5.71. The van der Waals surface area contributed by atoms with E-state index >= 15 is 0 Å². The maximum atomic E-state index is 14.7. The molecule has 0 heterocycles. The summed E-state index contributed by atoms with van der Waals surface area (Å²) in [5, 5.41) is 3.07. The molecule has 0 spiro atoms. The van der Waals surface area contributed by atoms with Gasteiger partial charge in [0, 0.05) is 26.7 Å². The van der Waals surface area contributed by atoms with Gasteiger partial charge in [-0.1, -0.05) is 61.7 Å². The van der Waals surface area contributed by atoms with E-state index in [-0.39, 0.29) is 24.2 Å². The van der Waals surface area contributed by atoms with Gasteiger partial charge in [0.1, 0.15) is 18.4 Å². The molecule has 2 aromatic carbocycles. The van der Waals surface area contributed by atoms with E-state index < -0.39 is 34.5 Å². The number of nitrogens with one attached hydrogen (secondary N) is 1. The van der Waals surface area contributed by atoms with Crippen molar-refractivity contribution in [2.45, 2.75) is 64.6 Å². The van der Waals surface area contributed by atoms with Gasteiger partial charge >= 0.3 is 10.2 Å². The molecule has 8 nitrogen and oxygen atoms in total. The van der Waals surface area contributed by atoms with Gasteiger partial charge in [-0.2, -0.15) is 12.7 Å². The number of hydrogen-bond acceptors (Lipinski definition) is 4. The van der Waals surface area contributed by atoms with Crippen LogP contribution in [0.2, 0.25) is 0 Å². The van der Waals surface area contributed by atoms with E-state index in [0.717, 1.165) is 51.5 Å². The first-order chi connectivity index (χ1) is 17.5. The molecule has 202 valence electrons. The number of anilines is 1. The van der Waals surface area contributed by atoms with Crippen molar-refractivity contribution in [3.05, 3.63) is 65.5 Å². The van der Waals surface area contributed by atoms with Crippen LogP contribution in [0.4, 0.5) is 10.1 Å². The average molecular weight is 533 g/mol. The number of rotatable bonds is 11. The van der Waals surface area contributed by atoms with Crippen LogP contribution in [-0.4, -0.2) is 62.2 Å². The third-order valence-electron chi connectivity index (χ3n) is 6.66. The number of nitrogens with zero attached hydrogens (tertiary/aromatic N) is 3. The summed E-state index contributed by atoms with van der Waals surface area (Å²) >= 11 is 0. The van der Waals surface area contributed by atoms with Gasteiger partial charge in [-0.15, -0.1) is 0 Å². The Kier molecular flexibility index (Phi) is 9.67. The quantitative estimate of drug-likeness (QED) is 0.479. The predicted molar refractivity (Wildman–Crippen MR) is 143 cm³/mol. The van der Waals surface area contributed by atoms with E-state index in [1.807, 2.05) is 38.1 Å². The second-order valence-corrected chi connectivity index (χ2v) is 11.7. The summed E-state index contributed by atoms with van der Waals surface area (Å²) in [7, 11) is -1.57. The molecule has 0 bridgehead atoms. The van der Waals surface area contributed by atoms with Crippen LogP contribution in [0.5, 0.6) is 0 Å². The van der Waals surface area contributed by atoms with Crippen LogP contribution < -0.4 is 9.62 Å². The van der Waals surface area contributed by atoms with Crippen LogP contribution in [0, 0.1) is 12.7 Å². The number of amides is 2. The zero-order valence-corrected chi connectivity index (χ0v) is 22.8. The van der Waals surface area contributed by atoms with E-state index in [4.69, 9.17) is 0 Å². The number of para-hydroxylation sites is 1. The molecular weight excluding hydrogens is 495 g/mol. The largest absolute Gasteiger partial charge is 0.352 e. The van der Waals surface area contributed by atoms with Crippen molar-refractivity contribution in [3.8, 4) is 0 Å². The fourth-order valence-electron chi connectivity index (χ4n) is 4.65. The van der Waals surface area contributed by atoms with E-state index in [0.29, 0.717) is 6.42 Å². The monoisotopic (exact) mass is 532 g/mol. The highest BCUT2D eigenvalue weighted by Gasteiger charge is 2.35. The second kappa shape index (κ2) is 12.5. The molecule has 1 unspecified atom stereocenters. The summed E-state index contributed by atoms with van der Waals surface area (Å²) in [6.07, 6.45) is 4.24. The highest BCUT2D eigenvalue weighted by molar-refractivity contribution is 7.90. The lowest BCUT2D eigenvalue weighted by Crippen LogP contribution is -2.54. The van der Waals surface area contributed by atoms with E-state index in [2.05, 4.69) is 5.32 Å². The lowest BCUT2D eigenvalue weighted by Gasteiger charge is -2.34.